The first-order valence-electron chi connectivity index (χ1n) is 17.1. The Kier molecular flexibility index (Phi) is 7.68. The van der Waals surface area contributed by atoms with Crippen molar-refractivity contribution in [2.45, 2.75) is 56.8 Å². The van der Waals surface area contributed by atoms with E-state index in [9.17, 15) is 22.8 Å². The van der Waals surface area contributed by atoms with Crippen LogP contribution in [0.1, 0.15) is 75.3 Å². The number of hydrogen-bond acceptors (Lipinski definition) is 9. The van der Waals surface area contributed by atoms with E-state index in [0.717, 1.165) is 53.1 Å². The summed E-state index contributed by atoms with van der Waals surface area (Å²) >= 11 is 1.44. The molecule has 1 saturated heterocycles. The van der Waals surface area contributed by atoms with E-state index in [1.54, 1.807) is 19.4 Å². The minimum Gasteiger partial charge on any atom is -0.496 e. The molecule has 2 aliphatic heterocycles. The predicted molar refractivity (Wildman–Crippen MR) is 189 cm³/mol. The lowest BCUT2D eigenvalue weighted by molar-refractivity contribution is -0.138. The van der Waals surface area contributed by atoms with Crippen LogP contribution in [0.2, 0.25) is 0 Å². The summed E-state index contributed by atoms with van der Waals surface area (Å²) in [5.41, 5.74) is 4.03. The molecule has 14 heteroatoms. The highest BCUT2D eigenvalue weighted by Gasteiger charge is 2.45. The van der Waals surface area contributed by atoms with Crippen LogP contribution in [0.3, 0.4) is 0 Å². The second kappa shape index (κ2) is 12.3. The van der Waals surface area contributed by atoms with Crippen LogP contribution in [-0.4, -0.2) is 44.6 Å². The van der Waals surface area contributed by atoms with E-state index < -0.39 is 17.5 Å². The molecule has 3 aliphatic rings. The third-order valence-corrected chi connectivity index (χ3v) is 11.6. The highest BCUT2D eigenvalue weighted by Crippen LogP contribution is 2.50. The number of hydrogen-bond donors (Lipinski definition) is 2. The van der Waals surface area contributed by atoms with Crippen molar-refractivity contribution in [1.29, 1.82) is 0 Å². The topological polar surface area (TPSA) is 126 Å². The number of pyridine rings is 2. The van der Waals surface area contributed by atoms with Crippen LogP contribution < -0.4 is 15.8 Å². The molecule has 1 amide bonds. The second-order valence-corrected chi connectivity index (χ2v) is 14.3. The van der Waals surface area contributed by atoms with Crippen LogP contribution in [0, 0.1) is 0 Å². The SMILES string of the molecule is COc1cccc2c1CC[C@H]2Nc1nccc2cc(-c3c4c(nc(CCc5ccccc5C(F)(F)F)c3-c3noc(=O)[nH]3)[C@H]3CCCN3C4=O)sc12. The van der Waals surface area contributed by atoms with Crippen molar-refractivity contribution in [1.82, 2.24) is 25.0 Å². The first kappa shape index (κ1) is 32.4. The van der Waals surface area contributed by atoms with E-state index >= 15 is 0 Å². The number of anilines is 1. The number of benzene rings is 2. The number of nitrogens with zero attached hydrogens (tertiary/aromatic N) is 4. The van der Waals surface area contributed by atoms with Gasteiger partial charge in [-0.3, -0.25) is 19.3 Å². The Morgan fingerprint density at radius 2 is 1.92 bits per heavy atom. The van der Waals surface area contributed by atoms with Gasteiger partial charge in [0.05, 0.1) is 52.0 Å². The number of aromatic amines is 1. The molecule has 9 rings (SSSR count). The van der Waals surface area contributed by atoms with Gasteiger partial charge in [-0.25, -0.2) is 9.78 Å². The van der Waals surface area contributed by atoms with E-state index in [2.05, 4.69) is 21.5 Å². The number of methoxy groups -OCH3 is 1. The van der Waals surface area contributed by atoms with Gasteiger partial charge in [0, 0.05) is 23.2 Å². The molecule has 2 aromatic carbocycles. The van der Waals surface area contributed by atoms with Crippen molar-refractivity contribution in [3.05, 3.63) is 111 Å². The number of carbonyl (C=O) groups excluding carboxylic acids is 1. The summed E-state index contributed by atoms with van der Waals surface area (Å²) in [6, 6.07) is 15.2. The van der Waals surface area contributed by atoms with E-state index in [4.69, 9.17) is 19.2 Å². The number of halogens is 3. The molecule has 0 radical (unpaired) electrons. The number of nitrogens with one attached hydrogen (secondary N) is 2. The fraction of sp³-hybridized carbons (Fsp3) is 0.289. The van der Waals surface area contributed by atoms with E-state index in [0.29, 0.717) is 45.3 Å². The van der Waals surface area contributed by atoms with Gasteiger partial charge in [0.25, 0.3) is 5.91 Å². The highest BCUT2D eigenvalue weighted by atomic mass is 32.1. The third kappa shape index (κ3) is 5.26. The van der Waals surface area contributed by atoms with Crippen molar-refractivity contribution < 1.29 is 27.2 Å². The van der Waals surface area contributed by atoms with E-state index in [-0.39, 0.29) is 42.2 Å². The number of rotatable bonds is 8. The van der Waals surface area contributed by atoms with Crippen LogP contribution in [0.25, 0.3) is 31.9 Å². The average Bonchev–Trinajstić information content (AvgIpc) is 3.98. The maximum atomic E-state index is 14.2. The zero-order valence-electron chi connectivity index (χ0n) is 27.8. The molecule has 52 heavy (non-hydrogen) atoms. The summed E-state index contributed by atoms with van der Waals surface area (Å²) in [7, 11) is 1.67. The van der Waals surface area contributed by atoms with Gasteiger partial charge in [-0.05, 0) is 84.9 Å². The Labute approximate surface area is 298 Å². The molecular formula is C38H31F3N6O4S. The molecule has 0 bridgehead atoms. The van der Waals surface area contributed by atoms with E-state index in [1.165, 1.54) is 29.0 Å². The lowest BCUT2D eigenvalue weighted by Gasteiger charge is -2.17. The molecule has 2 atom stereocenters. The molecule has 2 N–H and O–H groups in total. The number of ether oxygens (including phenoxy) is 1. The van der Waals surface area contributed by atoms with Crippen LogP contribution in [0.15, 0.2) is 70.1 Å². The molecule has 264 valence electrons. The largest absolute Gasteiger partial charge is 0.496 e. The maximum Gasteiger partial charge on any atom is 0.439 e. The molecule has 1 aliphatic carbocycles. The average molecular weight is 725 g/mol. The molecule has 10 nitrogen and oxygen atoms in total. The molecule has 0 saturated carbocycles. The summed E-state index contributed by atoms with van der Waals surface area (Å²) < 4.78 is 53.5. The maximum absolute atomic E-state index is 14.2. The number of aromatic nitrogens is 4. The predicted octanol–water partition coefficient (Wildman–Crippen LogP) is 7.90. The van der Waals surface area contributed by atoms with Crippen molar-refractivity contribution in [2.24, 2.45) is 0 Å². The zero-order valence-corrected chi connectivity index (χ0v) is 28.7. The Morgan fingerprint density at radius 1 is 1.06 bits per heavy atom. The molecule has 0 spiro atoms. The zero-order chi connectivity index (χ0) is 35.7. The monoisotopic (exact) mass is 724 g/mol. The van der Waals surface area contributed by atoms with Gasteiger partial charge in [0.15, 0.2) is 5.82 Å². The standard InChI is InChI=1S/C38H31F3N6O4S/c1-50-27-10-4-7-21-22(27)12-14-24(21)44-35-33-20(15-16-42-35)18-28(52-33)30-29(34-45-37(49)51-46-34)25(13-11-19-6-2-3-8-23(19)38(39,40)41)43-32-26-9-5-17-47(26)36(48)31(30)32/h2-4,6-8,10,15-16,18,24,26H,5,9,11-14,17H2,1H3,(H,42,44)(H,45,46,49)/t24-,26-/m1/s1. The van der Waals surface area contributed by atoms with Crippen molar-refractivity contribution >= 4 is 33.1 Å². The Hall–Kier alpha value is -5.50. The number of H-pyrrole nitrogens is 1. The van der Waals surface area contributed by atoms with Crippen molar-refractivity contribution in [2.75, 3.05) is 19.0 Å². The van der Waals surface area contributed by atoms with Crippen molar-refractivity contribution in [3.8, 4) is 27.6 Å². The van der Waals surface area contributed by atoms with Gasteiger partial charge in [-0.15, -0.1) is 11.3 Å². The minimum absolute atomic E-state index is 0.00891. The molecule has 1 fully saturated rings. The number of amides is 1. The first-order chi connectivity index (χ1) is 25.2. The number of alkyl halides is 3. The quantitative estimate of drug-likeness (QED) is 0.162. The second-order valence-electron chi connectivity index (χ2n) is 13.3. The summed E-state index contributed by atoms with van der Waals surface area (Å²) in [6.07, 6.45) is 0.562. The van der Waals surface area contributed by atoms with Gasteiger partial charge in [0.2, 0.25) is 0 Å². The fourth-order valence-electron chi connectivity index (χ4n) is 8.16. The first-order valence-corrected chi connectivity index (χ1v) is 17.9. The number of aryl methyl sites for hydroxylation is 2. The summed E-state index contributed by atoms with van der Waals surface area (Å²) in [5, 5.41) is 8.57. The summed E-state index contributed by atoms with van der Waals surface area (Å²) in [5.74, 6) is 0.625. The molecule has 6 heterocycles. The molecule has 4 aromatic heterocycles. The lowest BCUT2D eigenvalue weighted by Crippen LogP contribution is -2.22. The van der Waals surface area contributed by atoms with Gasteiger partial charge in [-0.1, -0.05) is 35.5 Å². The van der Waals surface area contributed by atoms with Gasteiger partial charge in [-0.2, -0.15) is 13.2 Å². The number of thiophene rings is 1. The lowest BCUT2D eigenvalue weighted by atomic mass is 9.92. The van der Waals surface area contributed by atoms with Crippen LogP contribution in [0.5, 0.6) is 5.75 Å². The van der Waals surface area contributed by atoms with Gasteiger partial charge in [0.1, 0.15) is 11.6 Å². The molecule has 6 aromatic rings. The van der Waals surface area contributed by atoms with Crippen LogP contribution in [0.4, 0.5) is 19.0 Å². The van der Waals surface area contributed by atoms with E-state index in [1.807, 2.05) is 29.2 Å². The number of carbonyl (C=O) groups is 1. The van der Waals surface area contributed by atoms with Crippen molar-refractivity contribution in [3.63, 3.8) is 0 Å². The third-order valence-electron chi connectivity index (χ3n) is 10.4. The molecule has 0 unspecified atom stereocenters. The van der Waals surface area contributed by atoms with Crippen LogP contribution >= 0.6 is 11.3 Å². The van der Waals surface area contributed by atoms with Gasteiger partial charge < -0.3 is 15.0 Å². The molecular weight excluding hydrogens is 694 g/mol. The highest BCUT2D eigenvalue weighted by molar-refractivity contribution is 7.23. The normalized spacial score (nSPS) is 17.8. The summed E-state index contributed by atoms with van der Waals surface area (Å²) in [4.78, 5) is 41.5. The Balaban J connectivity index is 1.21. The Bertz CT molecular complexity index is 2450. The minimum atomic E-state index is -4.53. The smallest absolute Gasteiger partial charge is 0.439 e. The van der Waals surface area contributed by atoms with Crippen LogP contribution in [-0.2, 0) is 25.4 Å². The van der Waals surface area contributed by atoms with Gasteiger partial charge >= 0.3 is 11.9 Å². The fourth-order valence-corrected chi connectivity index (χ4v) is 9.32. The number of fused-ring (bicyclic) bond motifs is 5. The Morgan fingerprint density at radius 3 is 2.73 bits per heavy atom. The summed E-state index contributed by atoms with van der Waals surface area (Å²) in [6.45, 7) is 0.571.